The molecule has 0 aromatic carbocycles. The molecule has 2 saturated heterocycles. The van der Waals surface area contributed by atoms with E-state index in [1.54, 1.807) is 32.2 Å². The second-order valence-electron chi connectivity index (χ2n) is 11.1. The number of pyridine rings is 1. The van der Waals surface area contributed by atoms with Crippen molar-refractivity contribution in [1.29, 1.82) is 0 Å². The Hall–Kier alpha value is -3.35. The van der Waals surface area contributed by atoms with Crippen molar-refractivity contribution in [2.75, 3.05) is 33.4 Å². The number of nitrogens with one attached hydrogen (secondary N) is 4. The van der Waals surface area contributed by atoms with Crippen molar-refractivity contribution >= 4 is 23.5 Å². The van der Waals surface area contributed by atoms with Crippen LogP contribution >= 0.6 is 0 Å². The van der Waals surface area contributed by atoms with Crippen molar-refractivity contribution in [2.45, 2.75) is 82.2 Å². The van der Waals surface area contributed by atoms with Gasteiger partial charge in [0.25, 0.3) is 0 Å². The number of rotatable bonds is 14. The molecule has 0 saturated carbocycles. The third-order valence-electron chi connectivity index (χ3n) is 7.60. The molecule has 1 aromatic rings. The summed E-state index contributed by atoms with van der Waals surface area (Å²) in [7, 11) is 1.51. The fraction of sp³-hybridized carbons (Fsp3) is 0.621. The van der Waals surface area contributed by atoms with Gasteiger partial charge in [0.1, 0.15) is 17.7 Å². The number of ether oxygens (including phenoxy) is 3. The van der Waals surface area contributed by atoms with E-state index in [0.717, 1.165) is 31.4 Å². The predicted molar refractivity (Wildman–Crippen MR) is 149 cm³/mol. The number of carbonyl (C=O) groups is 4. The van der Waals surface area contributed by atoms with Crippen molar-refractivity contribution in [1.82, 2.24) is 26.3 Å². The van der Waals surface area contributed by atoms with Crippen LogP contribution in [0, 0.1) is 0 Å². The van der Waals surface area contributed by atoms with Gasteiger partial charge >= 0.3 is 0 Å². The lowest BCUT2D eigenvalue weighted by Crippen LogP contribution is -2.57. The first-order valence-electron chi connectivity index (χ1n) is 14.2. The highest BCUT2D eigenvalue weighted by molar-refractivity contribution is 5.98. The van der Waals surface area contributed by atoms with Crippen molar-refractivity contribution in [3.8, 4) is 5.88 Å². The topological polar surface area (TPSA) is 160 Å². The Labute approximate surface area is 240 Å². The predicted octanol–water partition coefficient (Wildman–Crippen LogP) is 0.344. The van der Waals surface area contributed by atoms with Gasteiger partial charge in [-0.25, -0.2) is 4.98 Å². The Bertz CT molecular complexity index is 1130. The lowest BCUT2D eigenvalue weighted by Gasteiger charge is -2.26. The summed E-state index contributed by atoms with van der Waals surface area (Å²) in [5.41, 5.74) is 0.900. The van der Waals surface area contributed by atoms with E-state index in [1.165, 1.54) is 7.11 Å². The van der Waals surface area contributed by atoms with Gasteiger partial charge in [0.15, 0.2) is 5.78 Å². The van der Waals surface area contributed by atoms with E-state index in [9.17, 15) is 19.2 Å². The number of methoxy groups -OCH3 is 1. The summed E-state index contributed by atoms with van der Waals surface area (Å²) >= 11 is 0. The third kappa shape index (κ3) is 8.82. The minimum Gasteiger partial charge on any atom is -0.481 e. The molecule has 12 nitrogen and oxygen atoms in total. The zero-order valence-corrected chi connectivity index (χ0v) is 24.0. The molecule has 5 atom stereocenters. The molecule has 12 heteroatoms. The smallest absolute Gasteiger partial charge is 0.243 e. The molecule has 3 heterocycles. The van der Waals surface area contributed by atoms with Crippen LogP contribution in [0.25, 0.3) is 0 Å². The Morgan fingerprint density at radius 1 is 1.15 bits per heavy atom. The average molecular weight is 572 g/mol. The van der Waals surface area contributed by atoms with Crippen molar-refractivity contribution in [2.24, 2.45) is 0 Å². The van der Waals surface area contributed by atoms with Crippen molar-refractivity contribution < 1.29 is 33.4 Å². The molecule has 3 aliphatic rings. The van der Waals surface area contributed by atoms with Crippen LogP contribution in [0.5, 0.6) is 5.88 Å². The number of ketones is 1. The molecule has 1 aromatic heterocycles. The van der Waals surface area contributed by atoms with Crippen LogP contribution in [0.3, 0.4) is 0 Å². The molecule has 0 bridgehead atoms. The van der Waals surface area contributed by atoms with Crippen LogP contribution in [0.4, 0.5) is 0 Å². The number of carbonyl (C=O) groups excluding carboxylic acids is 4. The lowest BCUT2D eigenvalue weighted by molar-refractivity contribution is -0.134. The van der Waals surface area contributed by atoms with Gasteiger partial charge in [-0.2, -0.15) is 0 Å². The number of hydrogen-bond donors (Lipinski definition) is 4. The molecule has 1 unspecified atom stereocenters. The highest BCUT2D eigenvalue weighted by Gasteiger charge is 2.50. The average Bonchev–Trinajstić information content (AvgIpc) is 3.51. The molecule has 224 valence electrons. The number of nitrogens with zero attached hydrogens (tertiary/aromatic N) is 1. The molecular formula is C29H41N5O7. The van der Waals surface area contributed by atoms with Crippen LogP contribution in [0.2, 0.25) is 0 Å². The van der Waals surface area contributed by atoms with Gasteiger partial charge in [-0.3, -0.25) is 19.2 Å². The number of epoxide rings is 1. The van der Waals surface area contributed by atoms with Crippen molar-refractivity contribution in [3.05, 3.63) is 35.5 Å². The van der Waals surface area contributed by atoms with Gasteiger partial charge in [0.05, 0.1) is 38.9 Å². The van der Waals surface area contributed by atoms with E-state index < -0.39 is 35.5 Å². The van der Waals surface area contributed by atoms with Gasteiger partial charge in [-0.05, 0) is 45.1 Å². The number of Topliss-reactive ketones (excluding diaryl/α,β-unsaturated/α-hetero) is 1. The lowest BCUT2D eigenvalue weighted by atomic mass is 9.94. The standard InChI is InChI=1S/C29H41N5O7/c1-18(32-24(35)14-21-16-30-10-11-40-21)27(37)34-23(13-20-8-9-25(39-3)31-15-20)28(38)33-22(12-19-6-4-5-7-19)26(36)29(2)17-41-29/h6,8-9,15,18,21-23,30H,4-5,7,10-14,16-17H2,1-3H3,(H,32,35)(H,33,38)(H,34,37)/t18-,21?,22-,23-,29+/m0/s1. The Morgan fingerprint density at radius 2 is 1.93 bits per heavy atom. The SMILES string of the molecule is COc1ccc(C[C@H](NC(=O)[C@H](C)NC(=O)CC2CNCCO2)C(=O)N[C@@H](CC2=CCCC2)C(=O)[C@@]2(C)CO2)cn1. The first-order valence-corrected chi connectivity index (χ1v) is 14.2. The molecular weight excluding hydrogens is 530 g/mol. The van der Waals surface area contributed by atoms with Crippen LogP contribution in [0.15, 0.2) is 30.0 Å². The zero-order valence-electron chi connectivity index (χ0n) is 24.0. The molecule has 2 fully saturated rings. The monoisotopic (exact) mass is 571 g/mol. The maximum atomic E-state index is 13.7. The first-order chi connectivity index (χ1) is 19.7. The minimum atomic E-state index is -1.02. The molecule has 3 amide bonds. The molecule has 41 heavy (non-hydrogen) atoms. The highest BCUT2D eigenvalue weighted by Crippen LogP contribution is 2.31. The van der Waals surface area contributed by atoms with Crippen molar-refractivity contribution in [3.63, 3.8) is 0 Å². The molecule has 2 aliphatic heterocycles. The van der Waals surface area contributed by atoms with Gasteiger partial charge in [-0.1, -0.05) is 17.7 Å². The molecule has 0 spiro atoms. The maximum absolute atomic E-state index is 13.7. The normalized spacial score (nSPS) is 23.9. The highest BCUT2D eigenvalue weighted by atomic mass is 16.6. The van der Waals surface area contributed by atoms with Gasteiger partial charge in [0.2, 0.25) is 23.6 Å². The maximum Gasteiger partial charge on any atom is 0.243 e. The van der Waals surface area contributed by atoms with E-state index in [1.807, 2.05) is 0 Å². The van der Waals surface area contributed by atoms with E-state index in [4.69, 9.17) is 14.2 Å². The third-order valence-corrected chi connectivity index (χ3v) is 7.60. The fourth-order valence-corrected chi connectivity index (χ4v) is 5.00. The van der Waals surface area contributed by atoms with Gasteiger partial charge in [-0.15, -0.1) is 0 Å². The number of amides is 3. The van der Waals surface area contributed by atoms with Crippen LogP contribution < -0.4 is 26.0 Å². The number of morpholine rings is 1. The summed E-state index contributed by atoms with van der Waals surface area (Å²) in [6, 6.07) is 0.717. The molecule has 1 aliphatic carbocycles. The van der Waals surface area contributed by atoms with E-state index in [2.05, 4.69) is 32.3 Å². The summed E-state index contributed by atoms with van der Waals surface area (Å²) in [5.74, 6) is -1.12. The van der Waals surface area contributed by atoms with Crippen LogP contribution in [0.1, 0.15) is 51.5 Å². The molecule has 0 radical (unpaired) electrons. The molecule has 4 N–H and O–H groups in total. The number of hydrogen-bond acceptors (Lipinski definition) is 9. The Balaban J connectivity index is 1.44. The number of aromatic nitrogens is 1. The number of allylic oxidation sites excluding steroid dienone is 1. The Kier molecular flexibility index (Phi) is 10.5. The Morgan fingerprint density at radius 3 is 2.54 bits per heavy atom. The van der Waals surface area contributed by atoms with Gasteiger partial charge in [0, 0.05) is 31.8 Å². The summed E-state index contributed by atoms with van der Waals surface area (Å²) in [4.78, 5) is 56.8. The van der Waals surface area contributed by atoms with Crippen LogP contribution in [-0.2, 0) is 35.1 Å². The van der Waals surface area contributed by atoms with E-state index in [0.29, 0.717) is 37.6 Å². The quantitative estimate of drug-likeness (QED) is 0.182. The molecule has 4 rings (SSSR count). The van der Waals surface area contributed by atoms with E-state index in [-0.39, 0.29) is 30.6 Å². The van der Waals surface area contributed by atoms with Crippen LogP contribution in [-0.4, -0.2) is 91.7 Å². The summed E-state index contributed by atoms with van der Waals surface area (Å²) < 4.78 is 16.1. The minimum absolute atomic E-state index is 0.118. The van der Waals surface area contributed by atoms with Gasteiger partial charge < -0.3 is 35.5 Å². The summed E-state index contributed by atoms with van der Waals surface area (Å²) in [5, 5.41) is 11.5. The largest absolute Gasteiger partial charge is 0.481 e. The second-order valence-corrected chi connectivity index (χ2v) is 11.1. The van der Waals surface area contributed by atoms with E-state index >= 15 is 0 Å². The summed E-state index contributed by atoms with van der Waals surface area (Å²) in [6.07, 6.45) is 6.92. The first kappa shape index (κ1) is 30.6. The summed E-state index contributed by atoms with van der Waals surface area (Å²) in [6.45, 7) is 5.42. The second kappa shape index (κ2) is 14.0. The fourth-order valence-electron chi connectivity index (χ4n) is 5.00. The zero-order chi connectivity index (χ0) is 29.4.